The Kier molecular flexibility index (Phi) is 2.55. The van der Waals surface area contributed by atoms with Gasteiger partial charge in [0.1, 0.15) is 0 Å². The summed E-state index contributed by atoms with van der Waals surface area (Å²) in [6.07, 6.45) is 2.52. The number of carbonyl (C=O) groups excluding carboxylic acids is 1. The third kappa shape index (κ3) is 1.86. The first kappa shape index (κ1) is 10.9. The van der Waals surface area contributed by atoms with Crippen LogP contribution in [0.3, 0.4) is 0 Å². The van der Waals surface area contributed by atoms with Crippen molar-refractivity contribution in [3.8, 4) is 0 Å². The van der Waals surface area contributed by atoms with E-state index >= 15 is 0 Å². The standard InChI is InChI=1S/C14H14N2O2/c1-16-7-6-10-9-11(4-5-12(10)16)15-14(17)13-3-2-8-18-13/h2-5,8-9H,6-7H2,1H3,(H,15,17). The highest BCUT2D eigenvalue weighted by Gasteiger charge is 2.16. The summed E-state index contributed by atoms with van der Waals surface area (Å²) < 4.78 is 5.06. The molecule has 2 aromatic rings. The fourth-order valence-electron chi connectivity index (χ4n) is 2.24. The van der Waals surface area contributed by atoms with Crippen LogP contribution in [-0.2, 0) is 6.42 Å². The second-order valence-electron chi connectivity index (χ2n) is 4.45. The summed E-state index contributed by atoms with van der Waals surface area (Å²) in [5.74, 6) is 0.110. The van der Waals surface area contributed by atoms with Gasteiger partial charge in [-0.05, 0) is 42.3 Å². The van der Waals surface area contributed by atoms with E-state index in [0.717, 1.165) is 18.7 Å². The Balaban J connectivity index is 1.80. The second kappa shape index (κ2) is 4.22. The van der Waals surface area contributed by atoms with Crippen molar-refractivity contribution < 1.29 is 9.21 Å². The van der Waals surface area contributed by atoms with E-state index in [4.69, 9.17) is 4.42 Å². The van der Waals surface area contributed by atoms with Crippen molar-refractivity contribution in [2.75, 3.05) is 23.8 Å². The van der Waals surface area contributed by atoms with Gasteiger partial charge in [-0.2, -0.15) is 0 Å². The van der Waals surface area contributed by atoms with E-state index in [1.807, 2.05) is 18.2 Å². The van der Waals surface area contributed by atoms with Crippen molar-refractivity contribution >= 4 is 17.3 Å². The molecule has 92 valence electrons. The van der Waals surface area contributed by atoms with Crippen LogP contribution in [0.1, 0.15) is 16.1 Å². The summed E-state index contributed by atoms with van der Waals surface area (Å²) in [4.78, 5) is 14.0. The van der Waals surface area contributed by atoms with Crippen molar-refractivity contribution in [1.29, 1.82) is 0 Å². The van der Waals surface area contributed by atoms with Crippen molar-refractivity contribution in [3.05, 3.63) is 47.9 Å². The second-order valence-corrected chi connectivity index (χ2v) is 4.45. The molecule has 0 saturated carbocycles. The van der Waals surface area contributed by atoms with Gasteiger partial charge in [0.15, 0.2) is 5.76 Å². The first-order chi connectivity index (χ1) is 8.74. The fraction of sp³-hybridized carbons (Fsp3) is 0.214. The van der Waals surface area contributed by atoms with Crippen LogP contribution in [0.2, 0.25) is 0 Å². The molecule has 1 amide bonds. The molecule has 0 radical (unpaired) electrons. The van der Waals surface area contributed by atoms with E-state index in [9.17, 15) is 4.79 Å². The van der Waals surface area contributed by atoms with Gasteiger partial charge >= 0.3 is 0 Å². The van der Waals surface area contributed by atoms with E-state index < -0.39 is 0 Å². The van der Waals surface area contributed by atoms with Crippen LogP contribution in [0.25, 0.3) is 0 Å². The number of nitrogens with zero attached hydrogens (tertiary/aromatic N) is 1. The van der Waals surface area contributed by atoms with Crippen LogP contribution in [-0.4, -0.2) is 19.5 Å². The lowest BCUT2D eigenvalue weighted by atomic mass is 10.1. The molecule has 4 nitrogen and oxygen atoms in total. The maximum absolute atomic E-state index is 11.8. The third-order valence-electron chi connectivity index (χ3n) is 3.21. The molecule has 0 atom stereocenters. The summed E-state index contributed by atoms with van der Waals surface area (Å²) >= 11 is 0. The molecule has 2 heterocycles. The van der Waals surface area contributed by atoms with Gasteiger partial charge in [0.2, 0.25) is 0 Å². The summed E-state index contributed by atoms with van der Waals surface area (Å²) in [5.41, 5.74) is 3.33. The van der Waals surface area contributed by atoms with Crippen LogP contribution in [0.5, 0.6) is 0 Å². The van der Waals surface area contributed by atoms with Crippen LogP contribution < -0.4 is 10.2 Å². The summed E-state index contributed by atoms with van der Waals surface area (Å²) in [5, 5.41) is 2.84. The molecule has 0 spiro atoms. The van der Waals surface area contributed by atoms with Crippen molar-refractivity contribution in [1.82, 2.24) is 0 Å². The molecule has 0 unspecified atom stereocenters. The third-order valence-corrected chi connectivity index (χ3v) is 3.21. The first-order valence-corrected chi connectivity index (χ1v) is 5.93. The minimum Gasteiger partial charge on any atom is -0.459 e. The molecule has 0 aliphatic carbocycles. The molecule has 0 bridgehead atoms. The zero-order chi connectivity index (χ0) is 12.5. The molecule has 1 aliphatic heterocycles. The Bertz CT molecular complexity index is 575. The van der Waals surface area contributed by atoms with Crippen molar-refractivity contribution in [2.24, 2.45) is 0 Å². The summed E-state index contributed by atoms with van der Waals surface area (Å²) in [6, 6.07) is 9.34. The number of amides is 1. The quantitative estimate of drug-likeness (QED) is 0.880. The number of rotatable bonds is 2. The predicted octanol–water partition coefficient (Wildman–Crippen LogP) is 2.52. The van der Waals surface area contributed by atoms with E-state index in [0.29, 0.717) is 5.76 Å². The smallest absolute Gasteiger partial charge is 0.291 e. The number of hydrogen-bond acceptors (Lipinski definition) is 3. The van der Waals surface area contributed by atoms with Crippen LogP contribution in [0.15, 0.2) is 41.0 Å². The Morgan fingerprint density at radius 1 is 1.39 bits per heavy atom. The fourth-order valence-corrected chi connectivity index (χ4v) is 2.24. The molecule has 1 N–H and O–H groups in total. The number of carbonyl (C=O) groups is 1. The van der Waals surface area contributed by atoms with E-state index in [2.05, 4.69) is 17.3 Å². The Hall–Kier alpha value is -2.23. The van der Waals surface area contributed by atoms with E-state index in [-0.39, 0.29) is 5.91 Å². The van der Waals surface area contributed by atoms with Crippen LogP contribution in [0, 0.1) is 0 Å². The highest BCUT2D eigenvalue weighted by molar-refractivity contribution is 6.02. The topological polar surface area (TPSA) is 45.5 Å². The summed E-state index contributed by atoms with van der Waals surface area (Å²) in [7, 11) is 2.08. The largest absolute Gasteiger partial charge is 0.459 e. The molecule has 0 fully saturated rings. The van der Waals surface area contributed by atoms with Gasteiger partial charge in [-0.25, -0.2) is 0 Å². The monoisotopic (exact) mass is 242 g/mol. The number of nitrogens with one attached hydrogen (secondary N) is 1. The van der Waals surface area contributed by atoms with Crippen molar-refractivity contribution in [3.63, 3.8) is 0 Å². The normalized spacial score (nSPS) is 13.5. The molecule has 3 rings (SSSR count). The van der Waals surface area contributed by atoms with Crippen LogP contribution in [0.4, 0.5) is 11.4 Å². The zero-order valence-electron chi connectivity index (χ0n) is 10.1. The molecular formula is C14H14N2O2. The highest BCUT2D eigenvalue weighted by atomic mass is 16.3. The van der Waals surface area contributed by atoms with E-state index in [1.165, 1.54) is 17.5 Å². The van der Waals surface area contributed by atoms with Gasteiger partial charge in [0, 0.05) is 25.0 Å². The van der Waals surface area contributed by atoms with Gasteiger partial charge in [0.05, 0.1) is 6.26 Å². The first-order valence-electron chi connectivity index (χ1n) is 5.93. The average molecular weight is 242 g/mol. The van der Waals surface area contributed by atoms with Gasteiger partial charge in [0.25, 0.3) is 5.91 Å². The number of hydrogen-bond donors (Lipinski definition) is 1. The molecule has 18 heavy (non-hydrogen) atoms. The van der Waals surface area contributed by atoms with Crippen molar-refractivity contribution in [2.45, 2.75) is 6.42 Å². The summed E-state index contributed by atoms with van der Waals surface area (Å²) in [6.45, 7) is 1.03. The van der Waals surface area contributed by atoms with Gasteiger partial charge in [-0.1, -0.05) is 0 Å². The highest BCUT2D eigenvalue weighted by Crippen LogP contribution is 2.29. The predicted molar refractivity (Wildman–Crippen MR) is 70.1 cm³/mol. The Morgan fingerprint density at radius 2 is 2.28 bits per heavy atom. The van der Waals surface area contributed by atoms with Crippen LogP contribution >= 0.6 is 0 Å². The maximum Gasteiger partial charge on any atom is 0.291 e. The molecule has 4 heteroatoms. The Morgan fingerprint density at radius 3 is 3.06 bits per heavy atom. The number of anilines is 2. The maximum atomic E-state index is 11.8. The number of furan rings is 1. The van der Waals surface area contributed by atoms with Gasteiger partial charge in [-0.15, -0.1) is 0 Å². The molecule has 1 aromatic carbocycles. The Labute approximate surface area is 105 Å². The van der Waals surface area contributed by atoms with E-state index in [1.54, 1.807) is 12.1 Å². The number of benzene rings is 1. The lowest BCUT2D eigenvalue weighted by Crippen LogP contribution is -2.12. The minimum absolute atomic E-state index is 0.216. The number of fused-ring (bicyclic) bond motifs is 1. The lowest BCUT2D eigenvalue weighted by molar-refractivity contribution is 0.0996. The minimum atomic E-state index is -0.216. The molecule has 1 aliphatic rings. The van der Waals surface area contributed by atoms with Gasteiger partial charge < -0.3 is 14.6 Å². The SMILES string of the molecule is CN1CCc2cc(NC(=O)c3ccco3)ccc21. The lowest BCUT2D eigenvalue weighted by Gasteiger charge is -2.12. The molecule has 1 aromatic heterocycles. The zero-order valence-corrected chi connectivity index (χ0v) is 10.1. The van der Waals surface area contributed by atoms with Gasteiger partial charge in [-0.3, -0.25) is 4.79 Å². The number of likely N-dealkylation sites (N-methyl/N-ethyl adjacent to an activating group) is 1. The average Bonchev–Trinajstić information content (AvgIpc) is 2.99. The molecule has 0 saturated heterocycles. The molecular weight excluding hydrogens is 228 g/mol.